The number of hydrogen-bond donors (Lipinski definition) is 1. The maximum absolute atomic E-state index is 12.9. The Morgan fingerprint density at radius 2 is 1.76 bits per heavy atom. The quantitative estimate of drug-likeness (QED) is 0.863. The number of hydrogen-bond acceptors (Lipinski definition) is 3. The summed E-state index contributed by atoms with van der Waals surface area (Å²) in [6.45, 7) is 7.12. The minimum absolute atomic E-state index is 0. The van der Waals surface area contributed by atoms with Crippen LogP contribution in [0.1, 0.15) is 38.2 Å². The molecule has 0 bridgehead atoms. The third kappa shape index (κ3) is 5.33. The van der Waals surface area contributed by atoms with Gasteiger partial charge in [-0.05, 0) is 50.8 Å². The lowest BCUT2D eigenvalue weighted by molar-refractivity contribution is -0.135. The molecule has 3 rings (SSSR count). The topological polar surface area (TPSA) is 49.6 Å². The van der Waals surface area contributed by atoms with Gasteiger partial charge in [0.1, 0.15) is 5.54 Å². The molecule has 2 aliphatic rings. The smallest absolute Gasteiger partial charge is 0.246 e. The molecule has 1 amide bonds. The van der Waals surface area contributed by atoms with E-state index in [1.807, 2.05) is 42.2 Å². The van der Waals surface area contributed by atoms with Crippen LogP contribution in [-0.2, 0) is 10.3 Å². The van der Waals surface area contributed by atoms with E-state index >= 15 is 0 Å². The van der Waals surface area contributed by atoms with Crippen LogP contribution in [0.3, 0.4) is 0 Å². The molecule has 4 nitrogen and oxygen atoms in total. The van der Waals surface area contributed by atoms with Crippen LogP contribution in [-0.4, -0.2) is 48.4 Å². The number of amides is 1. The summed E-state index contributed by atoms with van der Waals surface area (Å²) in [4.78, 5) is 17.4. The standard InChI is InChI=1S/C19H29N3O.2ClH/c1-19(20,17-8-4-2-5-9-17)18(23)22-13-10-16(15-22)14-21-11-6-3-7-12-21;;/h2,4-5,8-9,16H,3,6-7,10-15,20H2,1H3;2*1H. The third-order valence-electron chi connectivity index (χ3n) is 5.36. The van der Waals surface area contributed by atoms with Crippen molar-refractivity contribution in [2.45, 2.75) is 38.1 Å². The summed E-state index contributed by atoms with van der Waals surface area (Å²) in [6.07, 6.45) is 5.12. The van der Waals surface area contributed by atoms with Crippen molar-refractivity contribution in [3.63, 3.8) is 0 Å². The van der Waals surface area contributed by atoms with E-state index in [0.717, 1.165) is 31.6 Å². The molecule has 0 radical (unpaired) electrons. The van der Waals surface area contributed by atoms with E-state index < -0.39 is 5.54 Å². The van der Waals surface area contributed by atoms with Gasteiger partial charge in [-0.1, -0.05) is 36.8 Å². The summed E-state index contributed by atoms with van der Waals surface area (Å²) in [5.74, 6) is 0.661. The molecule has 2 saturated heterocycles. The van der Waals surface area contributed by atoms with E-state index in [0.29, 0.717) is 5.92 Å². The van der Waals surface area contributed by atoms with Gasteiger partial charge in [0.25, 0.3) is 0 Å². The van der Waals surface area contributed by atoms with Crippen LogP contribution >= 0.6 is 24.8 Å². The number of piperidine rings is 1. The Morgan fingerprint density at radius 1 is 1.12 bits per heavy atom. The van der Waals surface area contributed by atoms with Gasteiger partial charge in [0.2, 0.25) is 5.91 Å². The van der Waals surface area contributed by atoms with E-state index in [-0.39, 0.29) is 30.7 Å². The van der Waals surface area contributed by atoms with Crippen molar-refractivity contribution in [2.75, 3.05) is 32.7 Å². The second kappa shape index (κ2) is 9.77. The first-order valence-electron chi connectivity index (χ1n) is 8.93. The van der Waals surface area contributed by atoms with E-state index in [9.17, 15) is 4.79 Å². The highest BCUT2D eigenvalue weighted by atomic mass is 35.5. The summed E-state index contributed by atoms with van der Waals surface area (Å²) in [5.41, 5.74) is 6.35. The summed E-state index contributed by atoms with van der Waals surface area (Å²) >= 11 is 0. The number of rotatable bonds is 4. The highest BCUT2D eigenvalue weighted by Gasteiger charge is 2.37. The number of nitrogens with zero attached hydrogens (tertiary/aromatic N) is 2. The Morgan fingerprint density at radius 3 is 2.40 bits per heavy atom. The molecule has 1 aromatic rings. The van der Waals surface area contributed by atoms with Crippen LogP contribution < -0.4 is 5.73 Å². The zero-order valence-electron chi connectivity index (χ0n) is 15.0. The van der Waals surface area contributed by atoms with E-state index in [4.69, 9.17) is 5.73 Å². The van der Waals surface area contributed by atoms with E-state index in [1.54, 1.807) is 0 Å². The molecule has 2 heterocycles. The van der Waals surface area contributed by atoms with Crippen LogP contribution in [0.2, 0.25) is 0 Å². The fraction of sp³-hybridized carbons (Fsp3) is 0.632. The molecule has 2 aliphatic heterocycles. The Bertz CT molecular complexity index is 533. The van der Waals surface area contributed by atoms with Crippen LogP contribution in [0.15, 0.2) is 30.3 Å². The van der Waals surface area contributed by atoms with Crippen LogP contribution in [0.4, 0.5) is 0 Å². The highest BCUT2D eigenvalue weighted by molar-refractivity contribution is 5.87. The Hall–Kier alpha value is -0.810. The van der Waals surface area contributed by atoms with Crippen molar-refractivity contribution >= 4 is 30.7 Å². The van der Waals surface area contributed by atoms with Gasteiger partial charge in [-0.2, -0.15) is 0 Å². The largest absolute Gasteiger partial charge is 0.340 e. The lowest BCUT2D eigenvalue weighted by atomic mass is 9.92. The molecule has 25 heavy (non-hydrogen) atoms. The summed E-state index contributed by atoms with van der Waals surface area (Å²) in [5, 5.41) is 0. The van der Waals surface area contributed by atoms with Crippen molar-refractivity contribution < 1.29 is 4.79 Å². The molecule has 6 heteroatoms. The molecule has 2 N–H and O–H groups in total. The van der Waals surface area contributed by atoms with Crippen molar-refractivity contribution in [2.24, 2.45) is 11.7 Å². The normalized spacial score (nSPS) is 23.3. The zero-order valence-corrected chi connectivity index (χ0v) is 16.7. The van der Waals surface area contributed by atoms with Crippen molar-refractivity contribution in [1.82, 2.24) is 9.80 Å². The van der Waals surface area contributed by atoms with E-state index in [1.165, 1.54) is 32.4 Å². The molecule has 2 fully saturated rings. The van der Waals surface area contributed by atoms with Crippen LogP contribution in [0.25, 0.3) is 0 Å². The minimum atomic E-state index is -0.929. The number of halogens is 2. The fourth-order valence-electron chi connectivity index (χ4n) is 3.91. The third-order valence-corrected chi connectivity index (χ3v) is 5.36. The van der Waals surface area contributed by atoms with Gasteiger partial charge in [-0.3, -0.25) is 4.79 Å². The predicted molar refractivity (Wildman–Crippen MR) is 107 cm³/mol. The van der Waals surface area contributed by atoms with E-state index in [2.05, 4.69) is 4.90 Å². The predicted octanol–water partition coefficient (Wildman–Crippen LogP) is 3.04. The molecule has 0 aromatic heterocycles. The fourth-order valence-corrected chi connectivity index (χ4v) is 3.91. The maximum Gasteiger partial charge on any atom is 0.246 e. The van der Waals surface area contributed by atoms with Gasteiger partial charge in [0.15, 0.2) is 0 Å². The number of benzene rings is 1. The number of nitrogens with two attached hydrogens (primary N) is 1. The molecular weight excluding hydrogens is 357 g/mol. The summed E-state index contributed by atoms with van der Waals surface area (Å²) in [6, 6.07) is 9.72. The number of carbonyl (C=O) groups excluding carboxylic acids is 1. The zero-order chi connectivity index (χ0) is 16.3. The summed E-state index contributed by atoms with van der Waals surface area (Å²) < 4.78 is 0. The second-order valence-corrected chi connectivity index (χ2v) is 7.34. The van der Waals surface area contributed by atoms with Crippen LogP contribution in [0, 0.1) is 5.92 Å². The second-order valence-electron chi connectivity index (χ2n) is 7.34. The van der Waals surface area contributed by atoms with Gasteiger partial charge in [0, 0.05) is 19.6 Å². The maximum atomic E-state index is 12.9. The first-order valence-corrected chi connectivity index (χ1v) is 8.93. The number of carbonyl (C=O) groups is 1. The average Bonchev–Trinajstić information content (AvgIpc) is 3.04. The molecule has 0 saturated carbocycles. The highest BCUT2D eigenvalue weighted by Crippen LogP contribution is 2.26. The average molecular weight is 388 g/mol. The molecular formula is C19H31Cl2N3O. The van der Waals surface area contributed by atoms with Crippen molar-refractivity contribution in [3.05, 3.63) is 35.9 Å². The first-order chi connectivity index (χ1) is 11.1. The molecule has 1 aromatic carbocycles. The SMILES string of the molecule is CC(N)(C(=O)N1CCC(CN2CCCCC2)C1)c1ccccc1.Cl.Cl. The lowest BCUT2D eigenvalue weighted by Gasteiger charge is -2.31. The monoisotopic (exact) mass is 387 g/mol. The lowest BCUT2D eigenvalue weighted by Crippen LogP contribution is -2.50. The Kier molecular flexibility index (Phi) is 8.69. The van der Waals surface area contributed by atoms with Gasteiger partial charge in [-0.15, -0.1) is 24.8 Å². The molecule has 0 aliphatic carbocycles. The van der Waals surface area contributed by atoms with Gasteiger partial charge in [0.05, 0.1) is 0 Å². The first kappa shape index (κ1) is 22.2. The molecule has 0 spiro atoms. The summed E-state index contributed by atoms with van der Waals surface area (Å²) in [7, 11) is 0. The number of likely N-dealkylation sites (tertiary alicyclic amines) is 2. The molecule has 2 unspecified atom stereocenters. The van der Waals surface area contributed by atoms with Crippen molar-refractivity contribution in [3.8, 4) is 0 Å². The Labute approximate surface area is 163 Å². The molecule has 2 atom stereocenters. The Balaban J connectivity index is 0.00000156. The molecule has 142 valence electrons. The van der Waals surface area contributed by atoms with Gasteiger partial charge >= 0.3 is 0 Å². The minimum Gasteiger partial charge on any atom is -0.340 e. The van der Waals surface area contributed by atoms with Gasteiger partial charge in [-0.25, -0.2) is 0 Å². The van der Waals surface area contributed by atoms with Gasteiger partial charge < -0.3 is 15.5 Å². The van der Waals surface area contributed by atoms with Crippen LogP contribution in [0.5, 0.6) is 0 Å². The van der Waals surface area contributed by atoms with Crippen molar-refractivity contribution in [1.29, 1.82) is 0 Å².